The number of nitrogens with one attached hydrogen (secondary N) is 2. The van der Waals surface area contributed by atoms with Gasteiger partial charge in [0.25, 0.3) is 11.8 Å². The van der Waals surface area contributed by atoms with E-state index in [1.807, 2.05) is 72.8 Å². The van der Waals surface area contributed by atoms with Gasteiger partial charge in [-0.1, -0.05) is 109 Å². The second kappa shape index (κ2) is 14.3. The minimum atomic E-state index is -1.50. The fourth-order valence-corrected chi connectivity index (χ4v) is 8.04. The van der Waals surface area contributed by atoms with Crippen LogP contribution in [0, 0.1) is 0 Å². The number of amides is 2. The van der Waals surface area contributed by atoms with Gasteiger partial charge in [-0.15, -0.1) is 0 Å². The first-order chi connectivity index (χ1) is 21.9. The molecule has 1 heterocycles. The number of benzene rings is 4. The molecule has 4 aromatic rings. The van der Waals surface area contributed by atoms with Crippen LogP contribution in [0.1, 0.15) is 64.7 Å². The lowest BCUT2D eigenvalue weighted by atomic mass is 9.76. The highest BCUT2D eigenvalue weighted by molar-refractivity contribution is 7.83. The van der Waals surface area contributed by atoms with Gasteiger partial charge in [-0.05, 0) is 59.9 Å². The lowest BCUT2D eigenvalue weighted by Gasteiger charge is -2.49. The van der Waals surface area contributed by atoms with Gasteiger partial charge in [0.2, 0.25) is 0 Å². The van der Waals surface area contributed by atoms with E-state index in [4.69, 9.17) is 28.0 Å². The molecule has 10 heteroatoms. The van der Waals surface area contributed by atoms with Crippen molar-refractivity contribution in [1.82, 2.24) is 15.1 Å². The average molecular weight is 663 g/mol. The van der Waals surface area contributed by atoms with E-state index in [9.17, 15) is 13.8 Å². The summed E-state index contributed by atoms with van der Waals surface area (Å²) >= 11 is 13.2. The van der Waals surface area contributed by atoms with Crippen LogP contribution >= 0.6 is 23.2 Å². The van der Waals surface area contributed by atoms with E-state index in [1.54, 1.807) is 35.2 Å². The number of nitrogens with zero attached hydrogens (tertiary/aromatic N) is 1. The SMILES string of the molecule is O=C(NOCc1ccccc1)[C@@H]1c2ccccc2C(=O)N([C@H]2CCCC[C@@H]2NS(=O)c2ccccc2)[C@H]1c1ccc(Cl)cc1Cl. The van der Waals surface area contributed by atoms with Crippen molar-refractivity contribution in [2.45, 2.75) is 61.2 Å². The topological polar surface area (TPSA) is 87.7 Å². The lowest BCUT2D eigenvalue weighted by molar-refractivity contribution is -0.138. The van der Waals surface area contributed by atoms with E-state index in [2.05, 4.69) is 10.2 Å². The third kappa shape index (κ3) is 6.86. The number of carbonyl (C=O) groups excluding carboxylic acids is 2. The molecular weight excluding hydrogens is 629 g/mol. The van der Waals surface area contributed by atoms with Gasteiger partial charge in [0.1, 0.15) is 11.0 Å². The van der Waals surface area contributed by atoms with Crippen molar-refractivity contribution in [2.24, 2.45) is 0 Å². The maximum absolute atomic E-state index is 14.5. The second-order valence-electron chi connectivity index (χ2n) is 11.3. The Labute approximate surface area is 275 Å². The van der Waals surface area contributed by atoms with Gasteiger partial charge in [0, 0.05) is 27.7 Å². The predicted octanol–water partition coefficient (Wildman–Crippen LogP) is 7.15. The number of carbonyl (C=O) groups is 2. The highest BCUT2D eigenvalue weighted by Gasteiger charge is 2.49. The largest absolute Gasteiger partial charge is 0.326 e. The Morgan fingerprint density at radius 1 is 0.867 bits per heavy atom. The zero-order valence-electron chi connectivity index (χ0n) is 24.4. The van der Waals surface area contributed by atoms with Crippen molar-refractivity contribution in [2.75, 3.05) is 0 Å². The van der Waals surface area contributed by atoms with Crippen molar-refractivity contribution in [3.8, 4) is 0 Å². The van der Waals surface area contributed by atoms with Crippen molar-refractivity contribution in [3.63, 3.8) is 0 Å². The summed E-state index contributed by atoms with van der Waals surface area (Å²) in [7, 11) is -1.50. The molecule has 2 N–H and O–H groups in total. The Bertz CT molecular complexity index is 1690. The summed E-state index contributed by atoms with van der Waals surface area (Å²) in [6.07, 6.45) is 3.18. The number of hydrogen-bond donors (Lipinski definition) is 2. The van der Waals surface area contributed by atoms with E-state index in [1.165, 1.54) is 0 Å². The van der Waals surface area contributed by atoms with Crippen LogP contribution in [-0.4, -0.2) is 33.0 Å². The van der Waals surface area contributed by atoms with Crippen molar-refractivity contribution >= 4 is 46.0 Å². The minimum Gasteiger partial charge on any atom is -0.326 e. The molecule has 0 spiro atoms. The molecule has 0 aromatic heterocycles. The van der Waals surface area contributed by atoms with Crippen molar-refractivity contribution < 1.29 is 18.6 Å². The summed E-state index contributed by atoms with van der Waals surface area (Å²) in [6.45, 7) is 0.176. The van der Waals surface area contributed by atoms with E-state index < -0.39 is 28.9 Å². The molecule has 1 aliphatic carbocycles. The fraction of sp³-hybridized carbons (Fsp3) is 0.257. The molecule has 4 aromatic carbocycles. The number of fused-ring (bicyclic) bond motifs is 1. The van der Waals surface area contributed by atoms with Crippen LogP contribution < -0.4 is 10.2 Å². The molecule has 0 saturated heterocycles. The molecule has 1 aliphatic heterocycles. The molecule has 7 nitrogen and oxygen atoms in total. The molecule has 0 bridgehead atoms. The summed E-state index contributed by atoms with van der Waals surface area (Å²) in [4.78, 5) is 36.9. The molecule has 5 atom stereocenters. The molecule has 6 rings (SSSR count). The molecule has 45 heavy (non-hydrogen) atoms. The normalized spacial score (nSPS) is 22.0. The van der Waals surface area contributed by atoms with Gasteiger partial charge in [0.15, 0.2) is 0 Å². The zero-order valence-corrected chi connectivity index (χ0v) is 26.7. The highest BCUT2D eigenvalue weighted by Crippen LogP contribution is 2.48. The van der Waals surface area contributed by atoms with Crippen LogP contribution in [0.15, 0.2) is 108 Å². The first-order valence-electron chi connectivity index (χ1n) is 15.0. The maximum atomic E-state index is 14.5. The Balaban J connectivity index is 1.40. The lowest BCUT2D eigenvalue weighted by Crippen LogP contribution is -2.58. The fourth-order valence-electron chi connectivity index (χ4n) is 6.43. The number of hydroxylamine groups is 1. The Hall–Kier alpha value is -3.53. The average Bonchev–Trinajstić information content (AvgIpc) is 3.06. The van der Waals surface area contributed by atoms with Gasteiger partial charge < -0.3 is 4.90 Å². The van der Waals surface area contributed by atoms with Crippen molar-refractivity contribution in [1.29, 1.82) is 0 Å². The Kier molecular flexibility index (Phi) is 9.97. The van der Waals surface area contributed by atoms with Crippen LogP contribution in [0.2, 0.25) is 10.0 Å². The summed E-state index contributed by atoms with van der Waals surface area (Å²) in [5.74, 6) is -1.46. The van der Waals surface area contributed by atoms with Crippen LogP contribution in [0.4, 0.5) is 0 Å². The minimum absolute atomic E-state index is 0.176. The summed E-state index contributed by atoms with van der Waals surface area (Å²) in [6, 6.07) is 29.6. The predicted molar refractivity (Wildman–Crippen MR) is 176 cm³/mol. The summed E-state index contributed by atoms with van der Waals surface area (Å²) < 4.78 is 16.8. The molecule has 1 unspecified atom stereocenters. The van der Waals surface area contributed by atoms with E-state index >= 15 is 0 Å². The second-order valence-corrected chi connectivity index (χ2v) is 13.4. The molecule has 0 radical (unpaired) electrons. The van der Waals surface area contributed by atoms with Crippen molar-refractivity contribution in [3.05, 3.63) is 135 Å². The third-order valence-corrected chi connectivity index (χ3v) is 10.3. The van der Waals surface area contributed by atoms with Crippen LogP contribution in [0.3, 0.4) is 0 Å². The van der Waals surface area contributed by atoms with Crippen LogP contribution in [0.25, 0.3) is 0 Å². The molecule has 1 fully saturated rings. The Morgan fingerprint density at radius 2 is 1.56 bits per heavy atom. The molecule has 232 valence electrons. The summed E-state index contributed by atoms with van der Waals surface area (Å²) in [5.41, 5.74) is 5.19. The van der Waals surface area contributed by atoms with Crippen LogP contribution in [0.5, 0.6) is 0 Å². The number of hydrogen-bond acceptors (Lipinski definition) is 4. The van der Waals surface area contributed by atoms with Gasteiger partial charge in [-0.3, -0.25) is 14.4 Å². The zero-order chi connectivity index (χ0) is 31.3. The van der Waals surface area contributed by atoms with Crippen LogP contribution in [-0.2, 0) is 27.2 Å². The first-order valence-corrected chi connectivity index (χ1v) is 16.9. The Morgan fingerprint density at radius 3 is 2.31 bits per heavy atom. The van der Waals surface area contributed by atoms with E-state index in [0.717, 1.165) is 18.4 Å². The maximum Gasteiger partial charge on any atom is 0.255 e. The molecule has 2 aliphatic rings. The smallest absolute Gasteiger partial charge is 0.255 e. The number of rotatable bonds is 9. The monoisotopic (exact) mass is 661 g/mol. The molecular formula is C35H33Cl2N3O4S. The van der Waals surface area contributed by atoms with E-state index in [0.29, 0.717) is 44.5 Å². The van der Waals surface area contributed by atoms with Gasteiger partial charge in [0.05, 0.1) is 23.5 Å². The molecule has 1 saturated carbocycles. The molecule has 2 amide bonds. The van der Waals surface area contributed by atoms with Gasteiger partial charge >= 0.3 is 0 Å². The van der Waals surface area contributed by atoms with Gasteiger partial charge in [-0.25, -0.2) is 14.4 Å². The first kappa shape index (κ1) is 31.5. The van der Waals surface area contributed by atoms with E-state index in [-0.39, 0.29) is 24.6 Å². The van der Waals surface area contributed by atoms with Gasteiger partial charge in [-0.2, -0.15) is 0 Å². The highest BCUT2D eigenvalue weighted by atomic mass is 35.5. The summed E-state index contributed by atoms with van der Waals surface area (Å²) in [5, 5.41) is 0.793. The third-order valence-electron chi connectivity index (χ3n) is 8.50. The standard InChI is InChI=1S/C35H33Cl2N3O4S/c36-24-19-20-28(29(37)21-24)33-32(34(41)38-44-22-23-11-3-1-4-12-23)26-15-7-8-16-27(26)35(42)40(33)31-18-10-9-17-30(31)39-45(43)25-13-5-2-6-14-25/h1-8,11-16,19-21,30-33,39H,9-10,17-18,22H2,(H,38,41)/t30-,31-,32+,33-,45?/m0/s1. The number of halogens is 2. The quantitative estimate of drug-likeness (QED) is 0.187.